The lowest BCUT2D eigenvalue weighted by Gasteiger charge is -1.95. The molecular formula is C13H9Br2IN2. The van der Waals surface area contributed by atoms with E-state index in [4.69, 9.17) is 0 Å². The zero-order valence-corrected chi connectivity index (χ0v) is 14.7. The van der Waals surface area contributed by atoms with E-state index in [0.717, 1.165) is 25.8 Å². The average Bonchev–Trinajstić information content (AvgIpc) is 2.72. The monoisotopic (exact) mass is 478 g/mol. The number of pyridine rings is 1. The van der Waals surface area contributed by atoms with Crippen molar-refractivity contribution >= 4 is 61.5 Å². The van der Waals surface area contributed by atoms with Crippen molar-refractivity contribution in [1.29, 1.82) is 0 Å². The first-order chi connectivity index (χ1) is 8.22. The van der Waals surface area contributed by atoms with E-state index in [0.29, 0.717) is 0 Å². The number of rotatable bonds is 1. The molecule has 5 heteroatoms. The van der Waals surface area contributed by atoms with Crippen LogP contribution in [0, 0.1) is 0 Å². The maximum atomic E-state index is 4.58. The Balaban J connectivity index is 0.00000120. The second kappa shape index (κ2) is 5.71. The zero-order chi connectivity index (χ0) is 11.8. The van der Waals surface area contributed by atoms with E-state index >= 15 is 0 Å². The molecule has 0 N–H and O–H groups in total. The van der Waals surface area contributed by atoms with Gasteiger partial charge < -0.3 is 4.40 Å². The van der Waals surface area contributed by atoms with Crippen LogP contribution >= 0.6 is 55.8 Å². The summed E-state index contributed by atoms with van der Waals surface area (Å²) in [5, 5.41) is 0. The summed E-state index contributed by atoms with van der Waals surface area (Å²) in [6, 6.07) is 12.1. The summed E-state index contributed by atoms with van der Waals surface area (Å²) in [5.74, 6) is 0. The van der Waals surface area contributed by atoms with Crippen molar-refractivity contribution in [2.75, 3.05) is 0 Å². The van der Waals surface area contributed by atoms with Gasteiger partial charge in [0.15, 0.2) is 0 Å². The van der Waals surface area contributed by atoms with Gasteiger partial charge in [0.25, 0.3) is 0 Å². The van der Waals surface area contributed by atoms with Crippen molar-refractivity contribution in [1.82, 2.24) is 9.38 Å². The molecule has 18 heavy (non-hydrogen) atoms. The van der Waals surface area contributed by atoms with E-state index in [-0.39, 0.29) is 24.0 Å². The highest BCUT2D eigenvalue weighted by molar-refractivity contribution is 14.0. The minimum Gasteiger partial charge on any atom is -0.305 e. The van der Waals surface area contributed by atoms with Crippen LogP contribution in [0.2, 0.25) is 0 Å². The van der Waals surface area contributed by atoms with E-state index in [1.165, 1.54) is 0 Å². The van der Waals surface area contributed by atoms with E-state index in [2.05, 4.69) is 49.0 Å². The first-order valence-corrected chi connectivity index (χ1v) is 6.71. The van der Waals surface area contributed by atoms with E-state index in [9.17, 15) is 0 Å². The molecule has 0 spiro atoms. The quantitative estimate of drug-likeness (QED) is 0.441. The number of halogens is 3. The highest BCUT2D eigenvalue weighted by Crippen LogP contribution is 2.22. The van der Waals surface area contributed by atoms with Gasteiger partial charge in [0, 0.05) is 26.9 Å². The SMILES string of the molecule is Brc1ccc(-c2cn3cc(Br)ccc3n2)cc1.I. The fourth-order valence-electron chi connectivity index (χ4n) is 1.72. The van der Waals surface area contributed by atoms with Gasteiger partial charge in [0.1, 0.15) is 5.65 Å². The summed E-state index contributed by atoms with van der Waals surface area (Å²) >= 11 is 6.88. The maximum Gasteiger partial charge on any atom is 0.137 e. The molecule has 0 unspecified atom stereocenters. The number of nitrogens with zero attached hydrogens (tertiary/aromatic N) is 2. The third-order valence-electron chi connectivity index (χ3n) is 2.55. The largest absolute Gasteiger partial charge is 0.305 e. The summed E-state index contributed by atoms with van der Waals surface area (Å²) < 4.78 is 4.14. The number of imidazole rings is 1. The number of hydrogen-bond donors (Lipinski definition) is 0. The summed E-state index contributed by atoms with van der Waals surface area (Å²) in [5.41, 5.74) is 3.05. The van der Waals surface area contributed by atoms with E-state index in [1.54, 1.807) is 0 Å². The van der Waals surface area contributed by atoms with Crippen molar-refractivity contribution in [3.63, 3.8) is 0 Å². The number of hydrogen-bond acceptors (Lipinski definition) is 1. The van der Waals surface area contributed by atoms with Gasteiger partial charge in [-0.05, 0) is 40.2 Å². The van der Waals surface area contributed by atoms with Crippen LogP contribution in [-0.4, -0.2) is 9.38 Å². The molecule has 0 amide bonds. The summed E-state index contributed by atoms with van der Waals surface area (Å²) in [4.78, 5) is 4.58. The van der Waals surface area contributed by atoms with E-state index in [1.807, 2.05) is 41.1 Å². The Morgan fingerprint density at radius 3 is 2.22 bits per heavy atom. The van der Waals surface area contributed by atoms with Crippen LogP contribution in [-0.2, 0) is 0 Å². The van der Waals surface area contributed by atoms with Gasteiger partial charge in [-0.1, -0.05) is 28.1 Å². The number of benzene rings is 1. The van der Waals surface area contributed by atoms with Gasteiger partial charge in [0.05, 0.1) is 5.69 Å². The van der Waals surface area contributed by atoms with Gasteiger partial charge in [-0.25, -0.2) is 4.98 Å². The van der Waals surface area contributed by atoms with Gasteiger partial charge in [0.2, 0.25) is 0 Å². The Labute approximate surface area is 139 Å². The molecule has 0 atom stereocenters. The third kappa shape index (κ3) is 2.78. The fourth-order valence-corrected chi connectivity index (χ4v) is 2.34. The maximum absolute atomic E-state index is 4.58. The molecule has 0 saturated heterocycles. The van der Waals surface area contributed by atoms with Crippen LogP contribution in [0.5, 0.6) is 0 Å². The lowest BCUT2D eigenvalue weighted by atomic mass is 10.2. The molecule has 0 radical (unpaired) electrons. The topological polar surface area (TPSA) is 17.3 Å². The molecule has 1 aromatic carbocycles. The molecule has 0 saturated carbocycles. The number of aromatic nitrogens is 2. The lowest BCUT2D eigenvalue weighted by Crippen LogP contribution is -1.80. The van der Waals surface area contributed by atoms with Gasteiger partial charge in [-0.3, -0.25) is 0 Å². The summed E-state index contributed by atoms with van der Waals surface area (Å²) in [6.45, 7) is 0. The molecule has 2 heterocycles. The molecule has 2 nitrogen and oxygen atoms in total. The first kappa shape index (κ1) is 14.0. The number of fused-ring (bicyclic) bond motifs is 1. The van der Waals surface area contributed by atoms with Crippen LogP contribution in [0.3, 0.4) is 0 Å². The van der Waals surface area contributed by atoms with Crippen molar-refractivity contribution in [2.45, 2.75) is 0 Å². The highest BCUT2D eigenvalue weighted by atomic mass is 127. The highest BCUT2D eigenvalue weighted by Gasteiger charge is 2.04. The van der Waals surface area contributed by atoms with Gasteiger partial charge in [-0.15, -0.1) is 24.0 Å². The normalized spacial score (nSPS) is 10.3. The Morgan fingerprint density at radius 1 is 0.833 bits per heavy atom. The minimum absolute atomic E-state index is 0. The van der Waals surface area contributed by atoms with Crippen LogP contribution in [0.4, 0.5) is 0 Å². The molecule has 3 rings (SSSR count). The summed E-state index contributed by atoms with van der Waals surface area (Å²) in [6.07, 6.45) is 4.04. The molecular weight excluding hydrogens is 471 g/mol. The third-order valence-corrected chi connectivity index (χ3v) is 3.55. The Morgan fingerprint density at radius 2 is 1.50 bits per heavy atom. The Bertz CT molecular complexity index is 677. The van der Waals surface area contributed by atoms with Crippen LogP contribution < -0.4 is 0 Å². The second-order valence-corrected chi connectivity index (χ2v) is 5.58. The molecule has 92 valence electrons. The van der Waals surface area contributed by atoms with Crippen LogP contribution in [0.1, 0.15) is 0 Å². The van der Waals surface area contributed by atoms with E-state index < -0.39 is 0 Å². The minimum atomic E-state index is 0. The average molecular weight is 480 g/mol. The lowest BCUT2D eigenvalue weighted by molar-refractivity contribution is 1.17. The molecule has 0 bridgehead atoms. The van der Waals surface area contributed by atoms with Gasteiger partial charge >= 0.3 is 0 Å². The summed E-state index contributed by atoms with van der Waals surface area (Å²) in [7, 11) is 0. The smallest absolute Gasteiger partial charge is 0.137 e. The van der Waals surface area contributed by atoms with Gasteiger partial charge in [-0.2, -0.15) is 0 Å². The van der Waals surface area contributed by atoms with Crippen LogP contribution in [0.15, 0.2) is 57.7 Å². The first-order valence-electron chi connectivity index (χ1n) is 5.12. The molecule has 0 aliphatic rings. The second-order valence-electron chi connectivity index (χ2n) is 3.75. The van der Waals surface area contributed by atoms with Crippen molar-refractivity contribution in [3.8, 4) is 11.3 Å². The Kier molecular flexibility index (Phi) is 4.45. The molecule has 0 aliphatic heterocycles. The predicted octanol–water partition coefficient (Wildman–Crippen LogP) is 5.14. The Hall–Kier alpha value is -0.400. The predicted molar refractivity (Wildman–Crippen MR) is 91.4 cm³/mol. The molecule has 2 aromatic heterocycles. The van der Waals surface area contributed by atoms with Crippen molar-refractivity contribution < 1.29 is 0 Å². The fraction of sp³-hybridized carbons (Fsp3) is 0. The standard InChI is InChI=1S/C13H8Br2N2.HI/c14-10-3-1-9(2-4-10)12-8-17-7-11(15)5-6-13(17)16-12;/h1-8H;1H. The zero-order valence-electron chi connectivity index (χ0n) is 9.18. The molecule has 0 aliphatic carbocycles. The van der Waals surface area contributed by atoms with Crippen molar-refractivity contribution in [2.24, 2.45) is 0 Å². The van der Waals surface area contributed by atoms with Crippen molar-refractivity contribution in [3.05, 3.63) is 57.7 Å². The van der Waals surface area contributed by atoms with Crippen LogP contribution in [0.25, 0.3) is 16.9 Å². The molecule has 3 aromatic rings. The molecule has 0 fully saturated rings.